The number of hydrogen-bond donors (Lipinski definition) is 1. The largest absolute Gasteiger partial charge is 0.493 e. The summed E-state index contributed by atoms with van der Waals surface area (Å²) in [4.78, 5) is 30.2. The summed E-state index contributed by atoms with van der Waals surface area (Å²) in [5, 5.41) is 3.06. The number of amides is 2. The van der Waals surface area contributed by atoms with Gasteiger partial charge in [0.25, 0.3) is 10.0 Å². The lowest BCUT2D eigenvalue weighted by Crippen LogP contribution is -2.54. The summed E-state index contributed by atoms with van der Waals surface area (Å²) >= 11 is 3.52. The number of rotatable bonds is 15. The second-order valence-electron chi connectivity index (χ2n) is 12.0. The molecule has 0 radical (unpaired) electrons. The Morgan fingerprint density at radius 2 is 1.49 bits per heavy atom. The number of benzene rings is 4. The molecule has 0 aliphatic carbocycles. The summed E-state index contributed by atoms with van der Waals surface area (Å²) in [5.74, 6) is -0.256. The summed E-state index contributed by atoms with van der Waals surface area (Å²) in [6.45, 7) is 7.14. The third-order valence-corrected chi connectivity index (χ3v) is 10.5. The van der Waals surface area contributed by atoms with E-state index in [9.17, 15) is 18.0 Å². The van der Waals surface area contributed by atoms with E-state index < -0.39 is 28.5 Å². The van der Waals surface area contributed by atoms with Crippen molar-refractivity contribution in [1.82, 2.24) is 10.2 Å². The zero-order valence-electron chi connectivity index (χ0n) is 28.8. The molecule has 0 spiro atoms. The highest BCUT2D eigenvalue weighted by atomic mass is 79.9. The Balaban J connectivity index is 1.86. The van der Waals surface area contributed by atoms with E-state index in [4.69, 9.17) is 9.47 Å². The van der Waals surface area contributed by atoms with Gasteiger partial charge in [-0.2, -0.15) is 0 Å². The Labute approximate surface area is 298 Å². The van der Waals surface area contributed by atoms with Crippen molar-refractivity contribution in [3.05, 3.63) is 118 Å². The fourth-order valence-corrected chi connectivity index (χ4v) is 7.42. The van der Waals surface area contributed by atoms with Gasteiger partial charge in [-0.1, -0.05) is 71.4 Å². The Morgan fingerprint density at radius 3 is 2.10 bits per heavy atom. The lowest BCUT2D eigenvalue weighted by Gasteiger charge is -2.34. The van der Waals surface area contributed by atoms with E-state index in [2.05, 4.69) is 21.2 Å². The van der Waals surface area contributed by atoms with Crippen LogP contribution in [0.5, 0.6) is 11.5 Å². The molecule has 9 nitrogen and oxygen atoms in total. The number of nitrogens with zero attached hydrogens (tertiary/aromatic N) is 2. The number of anilines is 1. The summed E-state index contributed by atoms with van der Waals surface area (Å²) in [6.07, 6.45) is 0.933. The quantitative estimate of drug-likeness (QED) is 0.143. The van der Waals surface area contributed by atoms with E-state index in [0.29, 0.717) is 17.9 Å². The van der Waals surface area contributed by atoms with E-state index >= 15 is 0 Å². The Kier molecular flexibility index (Phi) is 12.9. The molecule has 0 saturated heterocycles. The number of nitrogens with one attached hydrogen (secondary N) is 1. The number of carbonyl (C=O) groups is 2. The molecule has 0 aliphatic rings. The second-order valence-corrected chi connectivity index (χ2v) is 14.8. The number of hydrogen-bond acceptors (Lipinski definition) is 6. The van der Waals surface area contributed by atoms with E-state index in [1.165, 1.54) is 37.3 Å². The molecule has 2 atom stereocenters. The van der Waals surface area contributed by atoms with Crippen LogP contribution in [0.3, 0.4) is 0 Å². The number of carbonyl (C=O) groups excluding carboxylic acids is 2. The first-order chi connectivity index (χ1) is 23.4. The van der Waals surface area contributed by atoms with Gasteiger partial charge in [-0.25, -0.2) is 8.42 Å². The van der Waals surface area contributed by atoms with Gasteiger partial charge in [0.2, 0.25) is 11.8 Å². The van der Waals surface area contributed by atoms with Crippen molar-refractivity contribution >= 4 is 43.5 Å². The smallest absolute Gasteiger partial charge is 0.264 e. The molecular weight excluding hydrogens is 706 g/mol. The third kappa shape index (κ3) is 9.64. The highest BCUT2D eigenvalue weighted by Gasteiger charge is 2.35. The molecule has 2 amide bonds. The van der Waals surface area contributed by atoms with Crippen molar-refractivity contribution in [2.75, 3.05) is 25.1 Å². The van der Waals surface area contributed by atoms with Crippen LogP contribution in [-0.2, 0) is 32.6 Å². The van der Waals surface area contributed by atoms with Gasteiger partial charge >= 0.3 is 0 Å². The molecule has 0 heterocycles. The normalized spacial score (nSPS) is 12.5. The Hall–Kier alpha value is -4.35. The number of aryl methyl sites for hydroxylation is 2. The van der Waals surface area contributed by atoms with Crippen molar-refractivity contribution in [3.8, 4) is 11.5 Å². The summed E-state index contributed by atoms with van der Waals surface area (Å²) in [5.41, 5.74) is 3.62. The Morgan fingerprint density at radius 1 is 0.837 bits per heavy atom. The number of sulfonamides is 1. The van der Waals surface area contributed by atoms with E-state index in [1.807, 2.05) is 88.4 Å². The molecule has 4 aromatic carbocycles. The molecule has 0 saturated carbocycles. The first kappa shape index (κ1) is 37.5. The second kappa shape index (κ2) is 16.8. The van der Waals surface area contributed by atoms with Gasteiger partial charge < -0.3 is 19.7 Å². The Bertz CT molecular complexity index is 1850. The minimum absolute atomic E-state index is 0.0702. The van der Waals surface area contributed by atoms with E-state index in [0.717, 1.165) is 31.0 Å². The van der Waals surface area contributed by atoms with Gasteiger partial charge in [-0.05, 0) is 85.8 Å². The molecule has 1 N–H and O–H groups in total. The van der Waals surface area contributed by atoms with E-state index in [1.54, 1.807) is 12.1 Å². The van der Waals surface area contributed by atoms with Gasteiger partial charge in [-0.15, -0.1) is 0 Å². The van der Waals surface area contributed by atoms with Crippen molar-refractivity contribution in [2.45, 2.75) is 64.1 Å². The van der Waals surface area contributed by atoms with Crippen LogP contribution in [0.15, 0.2) is 100 Å². The topological polar surface area (TPSA) is 105 Å². The molecule has 2 unspecified atom stereocenters. The maximum atomic E-state index is 14.8. The van der Waals surface area contributed by atoms with Crippen LogP contribution in [0.1, 0.15) is 42.5 Å². The minimum Gasteiger partial charge on any atom is -0.493 e. The number of methoxy groups -OCH3 is 2. The number of ether oxygens (including phenoxy) is 2. The first-order valence-electron chi connectivity index (χ1n) is 16.1. The molecule has 11 heteroatoms. The maximum absolute atomic E-state index is 14.8. The monoisotopic (exact) mass is 749 g/mol. The molecule has 49 heavy (non-hydrogen) atoms. The van der Waals surface area contributed by atoms with Gasteiger partial charge in [0.1, 0.15) is 12.6 Å². The van der Waals surface area contributed by atoms with Crippen LogP contribution in [0.4, 0.5) is 5.69 Å². The minimum atomic E-state index is -4.34. The summed E-state index contributed by atoms with van der Waals surface area (Å²) in [6, 6.07) is 25.6. The lowest BCUT2D eigenvalue weighted by molar-refractivity contribution is -0.140. The van der Waals surface area contributed by atoms with Gasteiger partial charge in [0.15, 0.2) is 11.5 Å². The summed E-state index contributed by atoms with van der Waals surface area (Å²) in [7, 11) is -1.44. The van der Waals surface area contributed by atoms with Crippen LogP contribution < -0.4 is 19.1 Å². The molecule has 0 fully saturated rings. The molecule has 0 aromatic heterocycles. The molecule has 4 rings (SSSR count). The number of halogens is 1. The fourth-order valence-electron chi connectivity index (χ4n) is 5.55. The van der Waals surface area contributed by atoms with Crippen molar-refractivity contribution in [3.63, 3.8) is 0 Å². The molecule has 0 aliphatic heterocycles. The fraction of sp³-hybridized carbons (Fsp3) is 0.316. The van der Waals surface area contributed by atoms with Crippen molar-refractivity contribution in [2.24, 2.45) is 0 Å². The standard InChI is InChI=1S/C38H44BrN3O6S/c1-7-28(4)40-38(44)34(22-29-12-9-8-10-13-29)41(24-30-14-11-15-31(39)21-30)37(43)25-42(32-19-26(2)18-27(3)20-32)49(45,46)33-16-17-35(47-5)36(23-33)48-6/h8-21,23,28,34H,7,22,24-25H2,1-6H3,(H,40,44). The lowest BCUT2D eigenvalue weighted by atomic mass is 10.0. The first-order valence-corrected chi connectivity index (χ1v) is 18.3. The molecule has 4 aromatic rings. The van der Waals surface area contributed by atoms with Crippen LogP contribution in [0.25, 0.3) is 0 Å². The molecule has 260 valence electrons. The predicted octanol–water partition coefficient (Wildman–Crippen LogP) is 6.83. The predicted molar refractivity (Wildman–Crippen MR) is 197 cm³/mol. The average molecular weight is 751 g/mol. The molecule has 0 bridgehead atoms. The highest BCUT2D eigenvalue weighted by molar-refractivity contribution is 9.10. The van der Waals surface area contributed by atoms with Crippen LogP contribution in [0.2, 0.25) is 0 Å². The van der Waals surface area contributed by atoms with Crippen LogP contribution in [0, 0.1) is 13.8 Å². The zero-order chi connectivity index (χ0) is 35.7. The highest BCUT2D eigenvalue weighted by Crippen LogP contribution is 2.33. The summed E-state index contributed by atoms with van der Waals surface area (Å²) < 4.78 is 41.7. The van der Waals surface area contributed by atoms with Crippen LogP contribution >= 0.6 is 15.9 Å². The molecular formula is C38H44BrN3O6S. The van der Waals surface area contributed by atoms with E-state index in [-0.39, 0.29) is 35.6 Å². The maximum Gasteiger partial charge on any atom is 0.264 e. The SMILES string of the molecule is CCC(C)NC(=O)C(Cc1ccccc1)N(Cc1cccc(Br)c1)C(=O)CN(c1cc(C)cc(C)c1)S(=O)(=O)c1ccc(OC)c(OC)c1. The zero-order valence-corrected chi connectivity index (χ0v) is 31.2. The van der Waals surface area contributed by atoms with Gasteiger partial charge in [0, 0.05) is 29.5 Å². The van der Waals surface area contributed by atoms with Gasteiger partial charge in [-0.3, -0.25) is 13.9 Å². The van der Waals surface area contributed by atoms with Gasteiger partial charge in [0.05, 0.1) is 24.8 Å². The van der Waals surface area contributed by atoms with Crippen molar-refractivity contribution in [1.29, 1.82) is 0 Å². The average Bonchev–Trinajstić information content (AvgIpc) is 3.08. The third-order valence-electron chi connectivity index (χ3n) is 8.23. The van der Waals surface area contributed by atoms with Crippen LogP contribution in [-0.4, -0.2) is 58.0 Å². The van der Waals surface area contributed by atoms with Crippen molar-refractivity contribution < 1.29 is 27.5 Å².